The molecule has 0 fully saturated rings. The Morgan fingerprint density at radius 1 is 1.00 bits per heavy atom. The predicted octanol–water partition coefficient (Wildman–Crippen LogP) is 4.14. The van der Waals surface area contributed by atoms with E-state index >= 15 is 0 Å². The second-order valence-corrected chi connectivity index (χ2v) is 5.37. The number of unbranched alkanes of at least 4 members (excludes halogenated alkanes) is 5. The van der Waals surface area contributed by atoms with Crippen LogP contribution in [0.3, 0.4) is 0 Å². The van der Waals surface area contributed by atoms with Crippen LogP contribution in [0.25, 0.3) is 0 Å². The minimum absolute atomic E-state index is 0.239. The number of carbonyl (C=O) groups is 2. The van der Waals surface area contributed by atoms with E-state index in [0.717, 1.165) is 19.3 Å². The summed E-state index contributed by atoms with van der Waals surface area (Å²) in [7, 11) is 0. The van der Waals surface area contributed by atoms with E-state index in [2.05, 4.69) is 25.4 Å². The van der Waals surface area contributed by atoms with E-state index in [9.17, 15) is 9.59 Å². The molecule has 0 bridgehead atoms. The Kier molecular flexibility index (Phi) is 14.0. The zero-order chi connectivity index (χ0) is 17.3. The van der Waals surface area contributed by atoms with Crippen molar-refractivity contribution in [2.24, 2.45) is 0 Å². The lowest BCUT2D eigenvalue weighted by molar-refractivity contribution is -0.146. The van der Waals surface area contributed by atoms with Gasteiger partial charge >= 0.3 is 12.1 Å². The third-order valence-corrected chi connectivity index (χ3v) is 3.28. The molecule has 1 atom stereocenters. The second-order valence-electron chi connectivity index (χ2n) is 5.37. The molecule has 23 heavy (non-hydrogen) atoms. The van der Waals surface area contributed by atoms with Gasteiger partial charge in [-0.3, -0.25) is 0 Å². The Labute approximate surface area is 140 Å². The minimum Gasteiger partial charge on any atom is -0.464 e. The zero-order valence-electron chi connectivity index (χ0n) is 14.4. The van der Waals surface area contributed by atoms with Gasteiger partial charge in [-0.05, 0) is 19.3 Å². The van der Waals surface area contributed by atoms with Gasteiger partial charge in [0.25, 0.3) is 0 Å². The maximum absolute atomic E-state index is 12.0. The van der Waals surface area contributed by atoms with E-state index in [1.54, 1.807) is 12.2 Å². The molecule has 1 amide bonds. The molecular formula is C18H31NO4. The fourth-order valence-corrected chi connectivity index (χ4v) is 1.96. The van der Waals surface area contributed by atoms with Crippen molar-refractivity contribution in [1.29, 1.82) is 0 Å². The molecule has 0 spiro atoms. The molecule has 1 unspecified atom stereocenters. The van der Waals surface area contributed by atoms with E-state index < -0.39 is 18.1 Å². The normalized spacial score (nSPS) is 11.3. The van der Waals surface area contributed by atoms with E-state index in [0.29, 0.717) is 19.4 Å². The number of esters is 1. The first-order valence-corrected chi connectivity index (χ1v) is 8.47. The number of hydrogen-bond acceptors (Lipinski definition) is 4. The van der Waals surface area contributed by atoms with Crippen molar-refractivity contribution in [1.82, 2.24) is 5.32 Å². The number of ether oxygens (including phenoxy) is 2. The van der Waals surface area contributed by atoms with Crippen LogP contribution < -0.4 is 5.32 Å². The fraction of sp³-hybridized carbons (Fsp3) is 0.667. The number of alkyl carbamates (subject to hydrolysis) is 1. The van der Waals surface area contributed by atoms with Gasteiger partial charge in [-0.1, -0.05) is 51.2 Å². The predicted molar refractivity (Wildman–Crippen MR) is 92.2 cm³/mol. The van der Waals surface area contributed by atoms with Crippen molar-refractivity contribution >= 4 is 12.1 Å². The summed E-state index contributed by atoms with van der Waals surface area (Å²) in [4.78, 5) is 23.6. The molecule has 0 aliphatic rings. The number of nitrogens with one attached hydrogen (secondary N) is 1. The third kappa shape index (κ3) is 12.4. The number of carbonyl (C=O) groups excluding carboxylic acids is 2. The van der Waals surface area contributed by atoms with Gasteiger partial charge in [-0.25, -0.2) is 9.59 Å². The van der Waals surface area contributed by atoms with Crippen molar-refractivity contribution in [3.63, 3.8) is 0 Å². The molecular weight excluding hydrogens is 294 g/mol. The summed E-state index contributed by atoms with van der Waals surface area (Å²) in [5.74, 6) is -0.445. The maximum atomic E-state index is 12.0. The SMILES string of the molecule is C=CCCOC(=O)NC(CC=C)C(=O)OCCCCCCCC. The standard InChI is InChI=1S/C18H31NO4/c1-4-7-9-10-11-12-15-22-17(20)16(13-6-3)19-18(21)23-14-8-5-2/h5-6,16H,2-4,7-15H2,1H3,(H,19,21). The highest BCUT2D eigenvalue weighted by Crippen LogP contribution is 2.06. The first-order valence-electron chi connectivity index (χ1n) is 8.47. The van der Waals surface area contributed by atoms with Gasteiger partial charge in [0.05, 0.1) is 13.2 Å². The van der Waals surface area contributed by atoms with Crippen molar-refractivity contribution < 1.29 is 19.1 Å². The van der Waals surface area contributed by atoms with E-state index in [1.165, 1.54) is 19.3 Å². The molecule has 0 aromatic carbocycles. The summed E-state index contributed by atoms with van der Waals surface area (Å²) in [6.45, 7) is 9.93. The first-order chi connectivity index (χ1) is 11.2. The lowest BCUT2D eigenvalue weighted by Gasteiger charge is -2.16. The van der Waals surface area contributed by atoms with Crippen LogP contribution in [-0.2, 0) is 14.3 Å². The minimum atomic E-state index is -0.746. The highest BCUT2D eigenvalue weighted by Gasteiger charge is 2.21. The Balaban J connectivity index is 3.97. The molecule has 0 radical (unpaired) electrons. The summed E-state index contributed by atoms with van der Waals surface area (Å²) in [6.07, 6.45) is 10.2. The Morgan fingerprint density at radius 2 is 1.70 bits per heavy atom. The summed E-state index contributed by atoms with van der Waals surface area (Å²) in [5.41, 5.74) is 0. The van der Waals surface area contributed by atoms with Crippen LogP contribution in [0.5, 0.6) is 0 Å². The smallest absolute Gasteiger partial charge is 0.407 e. The molecule has 132 valence electrons. The molecule has 0 aromatic heterocycles. The average Bonchev–Trinajstić information content (AvgIpc) is 2.53. The number of amides is 1. The zero-order valence-corrected chi connectivity index (χ0v) is 14.4. The summed E-state index contributed by atoms with van der Waals surface area (Å²) < 4.78 is 10.1. The van der Waals surface area contributed by atoms with Gasteiger partial charge in [0.15, 0.2) is 0 Å². The Hall–Kier alpha value is -1.78. The van der Waals surface area contributed by atoms with E-state index in [-0.39, 0.29) is 6.61 Å². The quantitative estimate of drug-likeness (QED) is 0.296. The van der Waals surface area contributed by atoms with Crippen molar-refractivity contribution in [2.75, 3.05) is 13.2 Å². The molecule has 0 aliphatic heterocycles. The largest absolute Gasteiger partial charge is 0.464 e. The van der Waals surface area contributed by atoms with Gasteiger partial charge in [-0.15, -0.1) is 13.2 Å². The topological polar surface area (TPSA) is 64.6 Å². The van der Waals surface area contributed by atoms with Gasteiger partial charge in [0, 0.05) is 0 Å². The molecule has 0 saturated heterocycles. The molecule has 1 N–H and O–H groups in total. The summed E-state index contributed by atoms with van der Waals surface area (Å²) in [6, 6.07) is -0.746. The van der Waals surface area contributed by atoms with Crippen molar-refractivity contribution in [3.8, 4) is 0 Å². The third-order valence-electron chi connectivity index (χ3n) is 3.28. The number of hydrogen-bond donors (Lipinski definition) is 1. The highest BCUT2D eigenvalue weighted by molar-refractivity contribution is 5.81. The van der Waals surface area contributed by atoms with Gasteiger partial charge < -0.3 is 14.8 Å². The van der Waals surface area contributed by atoms with Gasteiger partial charge in [0.2, 0.25) is 0 Å². The van der Waals surface area contributed by atoms with E-state index in [4.69, 9.17) is 9.47 Å². The van der Waals surface area contributed by atoms with Crippen LogP contribution in [0, 0.1) is 0 Å². The first kappa shape index (κ1) is 21.2. The van der Waals surface area contributed by atoms with Crippen LogP contribution in [0.2, 0.25) is 0 Å². The van der Waals surface area contributed by atoms with E-state index in [1.807, 2.05) is 0 Å². The Bertz CT molecular complexity index is 355. The summed E-state index contributed by atoms with van der Waals surface area (Å²) in [5, 5.41) is 2.50. The van der Waals surface area contributed by atoms with Crippen LogP contribution >= 0.6 is 0 Å². The molecule has 0 aromatic rings. The fourth-order valence-electron chi connectivity index (χ4n) is 1.96. The monoisotopic (exact) mass is 325 g/mol. The lowest BCUT2D eigenvalue weighted by atomic mass is 10.1. The van der Waals surface area contributed by atoms with Crippen LogP contribution in [0.15, 0.2) is 25.3 Å². The number of rotatable bonds is 14. The maximum Gasteiger partial charge on any atom is 0.407 e. The molecule has 5 heteroatoms. The van der Waals surface area contributed by atoms with Crippen molar-refractivity contribution in [3.05, 3.63) is 25.3 Å². The second kappa shape index (κ2) is 15.1. The van der Waals surface area contributed by atoms with Crippen molar-refractivity contribution in [2.45, 2.75) is 64.3 Å². The molecule has 0 saturated carbocycles. The highest BCUT2D eigenvalue weighted by atomic mass is 16.6. The van der Waals surface area contributed by atoms with Crippen LogP contribution in [0.1, 0.15) is 58.3 Å². The molecule has 0 aliphatic carbocycles. The van der Waals surface area contributed by atoms with Crippen LogP contribution in [-0.4, -0.2) is 31.3 Å². The average molecular weight is 325 g/mol. The molecule has 5 nitrogen and oxygen atoms in total. The van der Waals surface area contributed by atoms with Gasteiger partial charge in [-0.2, -0.15) is 0 Å². The molecule has 0 heterocycles. The molecule has 0 rings (SSSR count). The Morgan fingerprint density at radius 3 is 2.35 bits per heavy atom. The van der Waals surface area contributed by atoms with Gasteiger partial charge in [0.1, 0.15) is 6.04 Å². The summed E-state index contributed by atoms with van der Waals surface area (Å²) >= 11 is 0. The van der Waals surface area contributed by atoms with Crippen LogP contribution in [0.4, 0.5) is 4.79 Å². The lowest BCUT2D eigenvalue weighted by Crippen LogP contribution is -2.42.